The molecule has 1 fully saturated rings. The molecule has 1 atom stereocenters. The molecule has 18 heavy (non-hydrogen) atoms. The largest absolute Gasteiger partial charge is 0.377 e. The van der Waals surface area contributed by atoms with Crippen molar-refractivity contribution in [3.05, 3.63) is 11.9 Å². The summed E-state index contributed by atoms with van der Waals surface area (Å²) in [4.78, 5) is 0. The van der Waals surface area contributed by atoms with Gasteiger partial charge in [-0.05, 0) is 19.4 Å². The molecule has 0 amide bonds. The normalized spacial score (nSPS) is 20.2. The molecule has 1 aromatic rings. The molecule has 1 aliphatic carbocycles. The van der Waals surface area contributed by atoms with Crippen LogP contribution in [0.1, 0.15) is 38.3 Å². The summed E-state index contributed by atoms with van der Waals surface area (Å²) in [5.41, 5.74) is 1.01. The van der Waals surface area contributed by atoms with Gasteiger partial charge in [-0.3, -0.25) is 4.68 Å². The first-order chi connectivity index (χ1) is 8.70. The predicted octanol–water partition coefficient (Wildman–Crippen LogP) is 1.29. The van der Waals surface area contributed by atoms with Gasteiger partial charge >= 0.3 is 0 Å². The average molecular weight is 252 g/mol. The minimum atomic E-state index is -0.0203. The molecule has 1 aromatic heterocycles. The maximum absolute atomic E-state index is 5.87. The minimum Gasteiger partial charge on any atom is -0.377 e. The number of rotatable bonds is 6. The highest BCUT2D eigenvalue weighted by atomic mass is 16.5. The smallest absolute Gasteiger partial charge is 0.0843 e. The number of nitrogens with one attached hydrogen (secondary N) is 1. The summed E-state index contributed by atoms with van der Waals surface area (Å²) in [5, 5.41) is 11.8. The number of likely N-dealkylation sites (N-methyl/N-ethyl adjacent to an activating group) is 1. The van der Waals surface area contributed by atoms with Gasteiger partial charge in [0, 0.05) is 32.8 Å². The van der Waals surface area contributed by atoms with E-state index < -0.39 is 0 Å². The maximum atomic E-state index is 5.87. The first-order valence-electron chi connectivity index (χ1n) is 6.84. The Hall–Kier alpha value is -0.940. The van der Waals surface area contributed by atoms with E-state index in [0.717, 1.165) is 31.5 Å². The lowest BCUT2D eigenvalue weighted by Crippen LogP contribution is -2.51. The zero-order valence-corrected chi connectivity index (χ0v) is 11.6. The van der Waals surface area contributed by atoms with E-state index in [2.05, 4.69) is 22.6 Å². The van der Waals surface area contributed by atoms with E-state index in [0.29, 0.717) is 6.04 Å². The lowest BCUT2D eigenvalue weighted by atomic mass is 9.88. The van der Waals surface area contributed by atoms with Crippen LogP contribution < -0.4 is 5.32 Å². The predicted molar refractivity (Wildman–Crippen MR) is 70.4 cm³/mol. The van der Waals surface area contributed by atoms with Gasteiger partial charge in [0.05, 0.1) is 11.3 Å². The van der Waals surface area contributed by atoms with Crippen molar-refractivity contribution in [3.63, 3.8) is 0 Å². The van der Waals surface area contributed by atoms with Gasteiger partial charge in [-0.25, -0.2) is 0 Å². The van der Waals surface area contributed by atoms with Gasteiger partial charge in [-0.2, -0.15) is 0 Å². The molecule has 102 valence electrons. The maximum Gasteiger partial charge on any atom is 0.0843 e. The van der Waals surface area contributed by atoms with Gasteiger partial charge in [0.15, 0.2) is 0 Å². The van der Waals surface area contributed by atoms with Crippen LogP contribution in [0.5, 0.6) is 0 Å². The molecule has 1 heterocycles. The Balaban J connectivity index is 2.11. The number of hydrogen-bond acceptors (Lipinski definition) is 4. The molecule has 5 nitrogen and oxygen atoms in total. The average Bonchev–Trinajstić information content (AvgIpc) is 2.98. The van der Waals surface area contributed by atoms with E-state index in [4.69, 9.17) is 4.74 Å². The Kier molecular flexibility index (Phi) is 4.35. The van der Waals surface area contributed by atoms with Crippen LogP contribution in [-0.2, 0) is 18.2 Å². The van der Waals surface area contributed by atoms with E-state index in [9.17, 15) is 0 Å². The van der Waals surface area contributed by atoms with Gasteiger partial charge < -0.3 is 10.1 Å². The molecule has 1 saturated carbocycles. The fourth-order valence-corrected chi connectivity index (χ4v) is 3.06. The number of methoxy groups -OCH3 is 1. The molecule has 1 unspecified atom stereocenters. The number of hydrogen-bond donors (Lipinski definition) is 1. The van der Waals surface area contributed by atoms with E-state index in [-0.39, 0.29) is 5.60 Å². The van der Waals surface area contributed by atoms with Gasteiger partial charge in [0.1, 0.15) is 0 Å². The molecule has 0 aliphatic heterocycles. The number of ether oxygens (including phenoxy) is 1. The second-order valence-electron chi connectivity index (χ2n) is 5.17. The van der Waals surface area contributed by atoms with Crippen LogP contribution in [0.25, 0.3) is 0 Å². The zero-order chi connectivity index (χ0) is 13.0. The van der Waals surface area contributed by atoms with Crippen molar-refractivity contribution in [1.29, 1.82) is 0 Å². The fourth-order valence-electron chi connectivity index (χ4n) is 3.06. The van der Waals surface area contributed by atoms with E-state index in [1.807, 2.05) is 20.4 Å². The zero-order valence-electron chi connectivity index (χ0n) is 11.6. The third-order valence-corrected chi connectivity index (χ3v) is 4.01. The molecular formula is C13H24N4O. The standard InChI is InChI=1S/C13H24N4O/c1-4-14-12(9-11-10-17(2)16-15-11)13(18-3)7-5-6-8-13/h10,12,14H,4-9H2,1-3H3. The Morgan fingerprint density at radius 2 is 2.22 bits per heavy atom. The quantitative estimate of drug-likeness (QED) is 0.829. The lowest BCUT2D eigenvalue weighted by molar-refractivity contribution is -0.0353. The third-order valence-electron chi connectivity index (χ3n) is 4.01. The molecular weight excluding hydrogens is 228 g/mol. The fraction of sp³-hybridized carbons (Fsp3) is 0.846. The molecule has 0 radical (unpaired) electrons. The molecule has 0 bridgehead atoms. The van der Waals surface area contributed by atoms with Crippen molar-refractivity contribution < 1.29 is 4.74 Å². The molecule has 0 aromatic carbocycles. The van der Waals surface area contributed by atoms with Crippen LogP contribution in [-0.4, -0.2) is 40.3 Å². The van der Waals surface area contributed by atoms with E-state index in [1.54, 1.807) is 4.68 Å². The second kappa shape index (κ2) is 5.80. The summed E-state index contributed by atoms with van der Waals surface area (Å²) in [5.74, 6) is 0. The summed E-state index contributed by atoms with van der Waals surface area (Å²) < 4.78 is 7.63. The Bertz CT molecular complexity index is 371. The first-order valence-corrected chi connectivity index (χ1v) is 6.84. The van der Waals surface area contributed by atoms with Crippen molar-refractivity contribution in [2.24, 2.45) is 7.05 Å². The van der Waals surface area contributed by atoms with Crippen LogP contribution in [0.15, 0.2) is 6.20 Å². The third kappa shape index (κ3) is 2.72. The van der Waals surface area contributed by atoms with E-state index in [1.165, 1.54) is 12.8 Å². The molecule has 2 rings (SSSR count). The Morgan fingerprint density at radius 1 is 1.50 bits per heavy atom. The summed E-state index contributed by atoms with van der Waals surface area (Å²) in [6.07, 6.45) is 7.67. The van der Waals surface area contributed by atoms with Crippen LogP contribution in [0.4, 0.5) is 0 Å². The van der Waals surface area contributed by atoms with Crippen molar-refractivity contribution in [2.45, 2.75) is 50.7 Å². The summed E-state index contributed by atoms with van der Waals surface area (Å²) in [6, 6.07) is 0.326. The first kappa shape index (κ1) is 13.5. The summed E-state index contributed by atoms with van der Waals surface area (Å²) in [7, 11) is 3.74. The van der Waals surface area contributed by atoms with E-state index >= 15 is 0 Å². The van der Waals surface area contributed by atoms with Crippen LogP contribution in [0, 0.1) is 0 Å². The summed E-state index contributed by atoms with van der Waals surface area (Å²) in [6.45, 7) is 3.10. The lowest BCUT2D eigenvalue weighted by Gasteiger charge is -2.36. The number of aromatic nitrogens is 3. The minimum absolute atomic E-state index is 0.0203. The highest BCUT2D eigenvalue weighted by Gasteiger charge is 2.41. The molecule has 5 heteroatoms. The highest BCUT2D eigenvalue weighted by molar-refractivity contribution is 5.04. The van der Waals surface area contributed by atoms with Crippen molar-refractivity contribution in [2.75, 3.05) is 13.7 Å². The van der Waals surface area contributed by atoms with Crippen molar-refractivity contribution in [3.8, 4) is 0 Å². The Labute approximate surface area is 109 Å². The van der Waals surface area contributed by atoms with Crippen molar-refractivity contribution >= 4 is 0 Å². The topological polar surface area (TPSA) is 52.0 Å². The summed E-state index contributed by atoms with van der Waals surface area (Å²) >= 11 is 0. The molecule has 1 N–H and O–H groups in total. The Morgan fingerprint density at radius 3 is 2.72 bits per heavy atom. The van der Waals surface area contributed by atoms with Gasteiger partial charge in [0.2, 0.25) is 0 Å². The van der Waals surface area contributed by atoms with Crippen LogP contribution in [0.3, 0.4) is 0 Å². The van der Waals surface area contributed by atoms with Crippen LogP contribution in [0.2, 0.25) is 0 Å². The van der Waals surface area contributed by atoms with Gasteiger partial charge in [-0.15, -0.1) is 5.10 Å². The molecule has 0 spiro atoms. The van der Waals surface area contributed by atoms with Gasteiger partial charge in [-0.1, -0.05) is 25.0 Å². The number of nitrogens with zero attached hydrogens (tertiary/aromatic N) is 3. The highest BCUT2D eigenvalue weighted by Crippen LogP contribution is 2.36. The second-order valence-corrected chi connectivity index (χ2v) is 5.17. The monoisotopic (exact) mass is 252 g/mol. The van der Waals surface area contributed by atoms with Crippen molar-refractivity contribution in [1.82, 2.24) is 20.3 Å². The SMILES string of the molecule is CCNC(Cc1cn(C)nn1)C1(OC)CCCC1. The van der Waals surface area contributed by atoms with Gasteiger partial charge in [0.25, 0.3) is 0 Å². The molecule has 1 aliphatic rings. The molecule has 0 saturated heterocycles. The number of aryl methyl sites for hydroxylation is 1. The van der Waals surface area contributed by atoms with Crippen LogP contribution >= 0.6 is 0 Å².